The predicted octanol–water partition coefficient (Wildman–Crippen LogP) is 2.51. The van der Waals surface area contributed by atoms with Gasteiger partial charge in [0.2, 0.25) is 5.24 Å². The summed E-state index contributed by atoms with van der Waals surface area (Å²) in [4.78, 5) is 10.2. The zero-order valence-corrected chi connectivity index (χ0v) is 10.3. The van der Waals surface area contributed by atoms with Crippen LogP contribution in [0.1, 0.15) is 20.8 Å². The van der Waals surface area contributed by atoms with E-state index in [9.17, 15) is 4.79 Å². The van der Waals surface area contributed by atoms with Crippen LogP contribution in [0.3, 0.4) is 0 Å². The summed E-state index contributed by atoms with van der Waals surface area (Å²) in [5.74, 6) is 0.384. The summed E-state index contributed by atoms with van der Waals surface area (Å²) in [6, 6.07) is 3.18. The molecule has 0 unspecified atom stereocenters. The molecular weight excluding hydrogens is 237 g/mol. The van der Waals surface area contributed by atoms with Crippen molar-refractivity contribution < 1.29 is 4.79 Å². The van der Waals surface area contributed by atoms with E-state index in [0.29, 0.717) is 11.0 Å². The highest BCUT2D eigenvalue weighted by Gasteiger charge is 2.17. The first kappa shape index (κ1) is 14.1. The monoisotopic (exact) mass is 249 g/mol. The van der Waals surface area contributed by atoms with Crippen LogP contribution in [0.5, 0.6) is 0 Å². The smallest absolute Gasteiger partial charge is 0.226 e. The topological polar surface area (TPSA) is 68.9 Å². The molecule has 0 saturated carbocycles. The van der Waals surface area contributed by atoms with E-state index in [-0.39, 0.29) is 10.7 Å². The molecule has 4 nitrogen and oxygen atoms in total. The number of nitrogens with two attached hydrogens (primary N) is 1. The summed E-state index contributed by atoms with van der Waals surface area (Å²) < 4.78 is 0. The quantitative estimate of drug-likeness (QED) is 0.718. The number of anilines is 1. The van der Waals surface area contributed by atoms with E-state index < -0.39 is 0 Å². The Balaban J connectivity index is 0.000000265. The molecule has 0 aliphatic rings. The van der Waals surface area contributed by atoms with Crippen molar-refractivity contribution >= 4 is 34.3 Å². The van der Waals surface area contributed by atoms with Crippen LogP contribution in [-0.4, -0.2) is 15.4 Å². The van der Waals surface area contributed by atoms with Crippen LogP contribution in [0.15, 0.2) is 12.1 Å². The number of nitrogen functional groups attached to an aromatic ring is 1. The molecule has 0 fully saturated rings. The van der Waals surface area contributed by atoms with E-state index >= 15 is 0 Å². The molecule has 0 aromatic carbocycles. The number of halogens is 2. The molecule has 15 heavy (non-hydrogen) atoms. The van der Waals surface area contributed by atoms with Crippen molar-refractivity contribution in [3.63, 3.8) is 0 Å². The molecule has 0 atom stereocenters. The van der Waals surface area contributed by atoms with E-state index in [4.69, 9.17) is 28.9 Å². The van der Waals surface area contributed by atoms with E-state index in [0.717, 1.165) is 0 Å². The van der Waals surface area contributed by atoms with Gasteiger partial charge in [-0.05, 0) is 23.7 Å². The SMILES string of the molecule is CC(C)(C)C(=O)Cl.Nc1ccc(Cl)nn1. The van der Waals surface area contributed by atoms with Crippen molar-refractivity contribution in [2.75, 3.05) is 5.73 Å². The van der Waals surface area contributed by atoms with Crippen molar-refractivity contribution in [1.82, 2.24) is 10.2 Å². The van der Waals surface area contributed by atoms with Crippen molar-refractivity contribution in [1.29, 1.82) is 0 Å². The zero-order valence-electron chi connectivity index (χ0n) is 8.79. The maximum absolute atomic E-state index is 10.2. The summed E-state index contributed by atoms with van der Waals surface area (Å²) in [5, 5.41) is 7.02. The van der Waals surface area contributed by atoms with Crippen LogP contribution in [0.25, 0.3) is 0 Å². The van der Waals surface area contributed by atoms with Gasteiger partial charge in [-0.1, -0.05) is 32.4 Å². The van der Waals surface area contributed by atoms with Gasteiger partial charge in [0, 0.05) is 5.41 Å². The van der Waals surface area contributed by atoms with Crippen LogP contribution >= 0.6 is 23.2 Å². The van der Waals surface area contributed by atoms with E-state index in [1.807, 2.05) is 0 Å². The molecular formula is C9H13Cl2N3O. The molecule has 6 heteroatoms. The molecule has 0 amide bonds. The largest absolute Gasteiger partial charge is 0.382 e. The summed E-state index contributed by atoms with van der Waals surface area (Å²) in [7, 11) is 0. The number of hydrogen-bond donors (Lipinski definition) is 1. The van der Waals surface area contributed by atoms with Gasteiger partial charge in [-0.3, -0.25) is 4.79 Å². The van der Waals surface area contributed by atoms with Gasteiger partial charge >= 0.3 is 0 Å². The Labute approximate surface area is 98.8 Å². The fraction of sp³-hybridized carbons (Fsp3) is 0.444. The van der Waals surface area contributed by atoms with Gasteiger partial charge in [0.15, 0.2) is 5.15 Å². The molecule has 1 heterocycles. The Kier molecular flexibility index (Phi) is 5.54. The lowest BCUT2D eigenvalue weighted by molar-refractivity contribution is -0.118. The van der Waals surface area contributed by atoms with Crippen LogP contribution in [-0.2, 0) is 4.79 Å². The number of carbonyl (C=O) groups is 1. The third-order valence-corrected chi connectivity index (χ3v) is 2.01. The third kappa shape index (κ3) is 7.11. The molecule has 0 saturated heterocycles. The lowest BCUT2D eigenvalue weighted by Crippen LogP contribution is -2.13. The second-order valence-electron chi connectivity index (χ2n) is 3.80. The lowest BCUT2D eigenvalue weighted by atomic mass is 10.00. The van der Waals surface area contributed by atoms with E-state index in [2.05, 4.69) is 10.2 Å². The maximum Gasteiger partial charge on any atom is 0.226 e. The first-order valence-electron chi connectivity index (χ1n) is 4.18. The van der Waals surface area contributed by atoms with Gasteiger partial charge in [0.05, 0.1) is 0 Å². The molecule has 84 valence electrons. The van der Waals surface area contributed by atoms with E-state index in [1.54, 1.807) is 32.9 Å². The van der Waals surface area contributed by atoms with Gasteiger partial charge in [-0.25, -0.2) is 0 Å². The molecule has 0 aliphatic heterocycles. The van der Waals surface area contributed by atoms with Crippen LogP contribution in [0, 0.1) is 5.41 Å². The highest BCUT2D eigenvalue weighted by Crippen LogP contribution is 2.15. The molecule has 2 N–H and O–H groups in total. The average molecular weight is 250 g/mol. The molecule has 0 spiro atoms. The number of hydrogen-bond acceptors (Lipinski definition) is 4. The van der Waals surface area contributed by atoms with Crippen molar-refractivity contribution in [3.8, 4) is 0 Å². The third-order valence-electron chi connectivity index (χ3n) is 1.24. The van der Waals surface area contributed by atoms with Crippen LogP contribution in [0.4, 0.5) is 5.82 Å². The van der Waals surface area contributed by atoms with Crippen molar-refractivity contribution in [2.24, 2.45) is 5.41 Å². The Bertz CT molecular complexity index is 298. The number of rotatable bonds is 0. The Morgan fingerprint density at radius 2 is 1.80 bits per heavy atom. The molecule has 1 aromatic heterocycles. The Morgan fingerprint density at radius 3 is 2.00 bits per heavy atom. The minimum absolute atomic E-state index is 0.285. The van der Waals surface area contributed by atoms with E-state index in [1.165, 1.54) is 0 Å². The fourth-order valence-corrected chi connectivity index (χ4v) is 0.427. The lowest BCUT2D eigenvalue weighted by Gasteiger charge is -2.08. The molecule has 1 rings (SSSR count). The summed E-state index contributed by atoms with van der Waals surface area (Å²) >= 11 is 10.5. The van der Waals surface area contributed by atoms with Gasteiger partial charge in [0.25, 0.3) is 0 Å². The fourth-order valence-electron chi connectivity index (χ4n) is 0.326. The van der Waals surface area contributed by atoms with Gasteiger partial charge < -0.3 is 5.73 Å². The standard InChI is InChI=1S/C5H9ClO.C4H4ClN3/c1-5(2,3)4(6)7;5-3-1-2-4(6)8-7-3/h1-3H3;1-2H,(H2,6,8). The zero-order chi connectivity index (χ0) is 12.1. The summed E-state index contributed by atoms with van der Waals surface area (Å²) in [6.07, 6.45) is 0. The van der Waals surface area contributed by atoms with Gasteiger partial charge in [0.1, 0.15) is 5.82 Å². The van der Waals surface area contributed by atoms with Crippen molar-refractivity contribution in [3.05, 3.63) is 17.3 Å². The molecule has 0 bridgehead atoms. The predicted molar refractivity (Wildman–Crippen MR) is 61.8 cm³/mol. The maximum atomic E-state index is 10.2. The minimum atomic E-state index is -0.373. The van der Waals surface area contributed by atoms with Crippen LogP contribution < -0.4 is 5.73 Å². The van der Waals surface area contributed by atoms with Crippen molar-refractivity contribution in [2.45, 2.75) is 20.8 Å². The summed E-state index contributed by atoms with van der Waals surface area (Å²) in [6.45, 7) is 5.34. The summed E-state index contributed by atoms with van der Waals surface area (Å²) in [5.41, 5.74) is 4.82. The van der Waals surface area contributed by atoms with Crippen LogP contribution in [0.2, 0.25) is 5.15 Å². The number of nitrogens with zero attached hydrogens (tertiary/aromatic N) is 2. The van der Waals surface area contributed by atoms with Gasteiger partial charge in [-0.15, -0.1) is 10.2 Å². The molecule has 0 aliphatic carbocycles. The Hall–Kier alpha value is -0.870. The molecule has 1 aromatic rings. The average Bonchev–Trinajstić information content (AvgIpc) is 2.09. The Morgan fingerprint density at radius 1 is 1.33 bits per heavy atom. The highest BCUT2D eigenvalue weighted by atomic mass is 35.5. The second-order valence-corrected chi connectivity index (χ2v) is 4.54. The van der Waals surface area contributed by atoms with Gasteiger partial charge in [-0.2, -0.15) is 0 Å². The minimum Gasteiger partial charge on any atom is -0.382 e. The highest BCUT2D eigenvalue weighted by molar-refractivity contribution is 6.64. The first-order chi connectivity index (χ1) is 6.73. The normalized spacial score (nSPS) is 10.2. The molecule has 0 radical (unpaired) electrons. The first-order valence-corrected chi connectivity index (χ1v) is 4.93. The number of aromatic nitrogens is 2. The second kappa shape index (κ2) is 5.88. The number of carbonyl (C=O) groups excluding carboxylic acids is 1.